The van der Waals surface area contributed by atoms with Crippen LogP contribution in [-0.4, -0.2) is 32.1 Å². The number of benzene rings is 2. The van der Waals surface area contributed by atoms with Crippen molar-refractivity contribution in [3.8, 4) is 17.2 Å². The molecule has 0 atom stereocenters. The number of hydrogen-bond acceptors (Lipinski definition) is 6. The van der Waals surface area contributed by atoms with E-state index in [9.17, 15) is 13.6 Å². The molecule has 3 aromatic rings. The number of aromatic nitrogens is 1. The fourth-order valence-corrected chi connectivity index (χ4v) is 2.73. The quantitative estimate of drug-likeness (QED) is 0.595. The van der Waals surface area contributed by atoms with E-state index in [-0.39, 0.29) is 22.9 Å². The van der Waals surface area contributed by atoms with E-state index in [4.69, 9.17) is 14.2 Å². The van der Waals surface area contributed by atoms with E-state index in [2.05, 4.69) is 10.3 Å². The molecule has 0 fully saturated rings. The molecule has 150 valence electrons. The number of ether oxygens (including phenoxy) is 3. The second-order valence-electron chi connectivity index (χ2n) is 5.90. The topological polar surface area (TPSA) is 69.7 Å². The van der Waals surface area contributed by atoms with Gasteiger partial charge in [-0.25, -0.2) is 13.8 Å². The minimum absolute atomic E-state index is 0.190. The fourth-order valence-electron chi connectivity index (χ4n) is 2.73. The Labute approximate surface area is 166 Å². The Balaban J connectivity index is 1.87. The van der Waals surface area contributed by atoms with Crippen LogP contribution in [0.4, 0.5) is 20.3 Å². The van der Waals surface area contributed by atoms with Gasteiger partial charge in [-0.2, -0.15) is 0 Å². The van der Waals surface area contributed by atoms with Gasteiger partial charge < -0.3 is 19.5 Å². The number of halogens is 2. The molecule has 0 amide bonds. The molecule has 0 bridgehead atoms. The van der Waals surface area contributed by atoms with Crippen LogP contribution in [0.5, 0.6) is 17.2 Å². The number of para-hydroxylation sites is 1. The Morgan fingerprint density at radius 1 is 0.897 bits per heavy atom. The van der Waals surface area contributed by atoms with Gasteiger partial charge >= 0.3 is 0 Å². The van der Waals surface area contributed by atoms with Crippen LogP contribution >= 0.6 is 0 Å². The number of ketones is 1. The Morgan fingerprint density at radius 2 is 1.52 bits per heavy atom. The Bertz CT molecular complexity index is 994. The predicted octanol–water partition coefficient (Wildman–Crippen LogP) is 4.36. The number of pyridine rings is 1. The molecule has 0 saturated heterocycles. The number of carbonyl (C=O) groups is 1. The lowest BCUT2D eigenvalue weighted by atomic mass is 10.0. The molecule has 29 heavy (non-hydrogen) atoms. The number of nitrogens with one attached hydrogen (secondary N) is 1. The average Bonchev–Trinajstić information content (AvgIpc) is 2.75. The molecule has 2 aromatic carbocycles. The van der Waals surface area contributed by atoms with E-state index in [1.807, 2.05) is 0 Å². The second-order valence-corrected chi connectivity index (χ2v) is 5.90. The van der Waals surface area contributed by atoms with Crippen LogP contribution in [0.3, 0.4) is 0 Å². The van der Waals surface area contributed by atoms with Gasteiger partial charge in [-0.1, -0.05) is 6.07 Å². The van der Waals surface area contributed by atoms with E-state index < -0.39 is 11.6 Å². The summed E-state index contributed by atoms with van der Waals surface area (Å²) in [6.45, 7) is 0. The van der Waals surface area contributed by atoms with Gasteiger partial charge in [0.15, 0.2) is 17.3 Å². The van der Waals surface area contributed by atoms with Crippen LogP contribution in [-0.2, 0) is 0 Å². The first-order valence-corrected chi connectivity index (χ1v) is 8.50. The van der Waals surface area contributed by atoms with Crippen molar-refractivity contribution in [2.45, 2.75) is 0 Å². The molecule has 0 aliphatic heterocycles. The molecule has 0 radical (unpaired) electrons. The zero-order valence-electron chi connectivity index (χ0n) is 16.0. The number of nitrogens with zero attached hydrogens (tertiary/aromatic N) is 1. The molecule has 1 heterocycles. The third kappa shape index (κ3) is 4.11. The largest absolute Gasteiger partial charge is 0.493 e. The van der Waals surface area contributed by atoms with Crippen LogP contribution in [0, 0.1) is 11.6 Å². The van der Waals surface area contributed by atoms with Crippen LogP contribution in [0.1, 0.15) is 15.9 Å². The summed E-state index contributed by atoms with van der Waals surface area (Å²) in [4.78, 5) is 16.9. The highest BCUT2D eigenvalue weighted by Crippen LogP contribution is 2.38. The van der Waals surface area contributed by atoms with E-state index in [1.165, 1.54) is 57.9 Å². The summed E-state index contributed by atoms with van der Waals surface area (Å²) in [5, 5.41) is 2.57. The van der Waals surface area contributed by atoms with Crippen molar-refractivity contribution in [2.75, 3.05) is 26.6 Å². The molecule has 0 aliphatic carbocycles. The lowest BCUT2D eigenvalue weighted by Crippen LogP contribution is -2.05. The summed E-state index contributed by atoms with van der Waals surface area (Å²) in [6, 6.07) is 9.55. The first kappa shape index (κ1) is 20.1. The van der Waals surface area contributed by atoms with Crippen molar-refractivity contribution in [1.82, 2.24) is 4.98 Å². The Kier molecular flexibility index (Phi) is 5.92. The van der Waals surface area contributed by atoms with E-state index in [1.54, 1.807) is 0 Å². The summed E-state index contributed by atoms with van der Waals surface area (Å²) in [6.07, 6.45) is 1.31. The SMILES string of the molecule is COc1cc(C(=O)c2ccc(Nc3c(F)cccc3F)nc2)cc(OC)c1OC. The molecule has 8 heteroatoms. The van der Waals surface area contributed by atoms with Gasteiger partial charge in [0.1, 0.15) is 23.1 Å². The summed E-state index contributed by atoms with van der Waals surface area (Å²) < 4.78 is 43.3. The number of carbonyl (C=O) groups excluding carboxylic acids is 1. The van der Waals surface area contributed by atoms with E-state index >= 15 is 0 Å². The summed E-state index contributed by atoms with van der Waals surface area (Å²) in [7, 11) is 4.38. The van der Waals surface area contributed by atoms with Gasteiger partial charge in [-0.15, -0.1) is 0 Å². The lowest BCUT2D eigenvalue weighted by molar-refractivity contribution is 0.103. The van der Waals surface area contributed by atoms with Crippen molar-refractivity contribution in [3.05, 3.63) is 71.4 Å². The number of anilines is 2. The van der Waals surface area contributed by atoms with Gasteiger partial charge in [0.05, 0.1) is 21.3 Å². The minimum atomic E-state index is -0.746. The zero-order valence-corrected chi connectivity index (χ0v) is 16.0. The average molecular weight is 400 g/mol. The molecule has 6 nitrogen and oxygen atoms in total. The van der Waals surface area contributed by atoms with Crippen molar-refractivity contribution >= 4 is 17.3 Å². The third-order valence-electron chi connectivity index (χ3n) is 4.17. The molecule has 0 spiro atoms. The first-order valence-electron chi connectivity index (χ1n) is 8.50. The standard InChI is InChI=1S/C21H18F2N2O4/c1-27-16-9-13(10-17(28-2)21(16)29-3)20(26)12-7-8-18(24-11-12)25-19-14(22)5-4-6-15(19)23/h4-11H,1-3H3,(H,24,25). The van der Waals surface area contributed by atoms with Crippen molar-refractivity contribution in [2.24, 2.45) is 0 Å². The Morgan fingerprint density at radius 3 is 2.00 bits per heavy atom. The summed E-state index contributed by atoms with van der Waals surface area (Å²) in [5.74, 6) is -0.575. The Hall–Kier alpha value is -3.68. The van der Waals surface area contributed by atoms with Crippen molar-refractivity contribution in [3.63, 3.8) is 0 Å². The summed E-state index contributed by atoms with van der Waals surface area (Å²) in [5.41, 5.74) is 0.268. The van der Waals surface area contributed by atoms with E-state index in [0.717, 1.165) is 12.1 Å². The second kappa shape index (κ2) is 8.55. The molecular weight excluding hydrogens is 382 g/mol. The van der Waals surface area contributed by atoms with Crippen LogP contribution in [0.25, 0.3) is 0 Å². The first-order chi connectivity index (χ1) is 14.0. The monoisotopic (exact) mass is 400 g/mol. The predicted molar refractivity (Wildman–Crippen MR) is 103 cm³/mol. The number of hydrogen-bond donors (Lipinski definition) is 1. The molecule has 0 unspecified atom stereocenters. The number of rotatable bonds is 7. The van der Waals surface area contributed by atoms with Gasteiger partial charge in [0, 0.05) is 17.3 Å². The maximum absolute atomic E-state index is 13.8. The maximum Gasteiger partial charge on any atom is 0.203 e. The van der Waals surface area contributed by atoms with Crippen LogP contribution in [0.2, 0.25) is 0 Å². The lowest BCUT2D eigenvalue weighted by Gasteiger charge is -2.14. The molecule has 0 saturated carbocycles. The number of methoxy groups -OCH3 is 3. The smallest absolute Gasteiger partial charge is 0.203 e. The minimum Gasteiger partial charge on any atom is -0.493 e. The highest BCUT2D eigenvalue weighted by molar-refractivity contribution is 6.09. The molecule has 3 rings (SSSR count). The van der Waals surface area contributed by atoms with Gasteiger partial charge in [0.25, 0.3) is 0 Å². The van der Waals surface area contributed by atoms with Gasteiger partial charge in [-0.05, 0) is 36.4 Å². The fraction of sp³-hybridized carbons (Fsp3) is 0.143. The zero-order chi connectivity index (χ0) is 21.0. The van der Waals surface area contributed by atoms with Gasteiger partial charge in [0.2, 0.25) is 5.75 Å². The normalized spacial score (nSPS) is 10.4. The molecular formula is C21H18F2N2O4. The van der Waals surface area contributed by atoms with Crippen LogP contribution in [0.15, 0.2) is 48.7 Å². The highest BCUT2D eigenvalue weighted by atomic mass is 19.1. The van der Waals surface area contributed by atoms with E-state index in [0.29, 0.717) is 22.8 Å². The summed E-state index contributed by atoms with van der Waals surface area (Å²) >= 11 is 0. The van der Waals surface area contributed by atoms with Crippen molar-refractivity contribution < 1.29 is 27.8 Å². The maximum atomic E-state index is 13.8. The molecule has 1 N–H and O–H groups in total. The third-order valence-corrected chi connectivity index (χ3v) is 4.17. The highest BCUT2D eigenvalue weighted by Gasteiger charge is 2.18. The van der Waals surface area contributed by atoms with Crippen LogP contribution < -0.4 is 19.5 Å². The molecule has 0 aliphatic rings. The molecule has 1 aromatic heterocycles. The van der Waals surface area contributed by atoms with Crippen molar-refractivity contribution in [1.29, 1.82) is 0 Å². The van der Waals surface area contributed by atoms with Gasteiger partial charge in [-0.3, -0.25) is 4.79 Å².